The number of nitrogens with zero attached hydrogens (tertiary/aromatic N) is 3. The van der Waals surface area contributed by atoms with Crippen LogP contribution in [0.1, 0.15) is 11.1 Å². The highest BCUT2D eigenvalue weighted by molar-refractivity contribution is 7.89. The zero-order chi connectivity index (χ0) is 21.8. The van der Waals surface area contributed by atoms with Gasteiger partial charge >= 0.3 is 6.18 Å². The first-order chi connectivity index (χ1) is 14.2. The van der Waals surface area contributed by atoms with Gasteiger partial charge in [-0.2, -0.15) is 22.7 Å². The van der Waals surface area contributed by atoms with Crippen molar-refractivity contribution < 1.29 is 26.3 Å². The molecule has 0 amide bonds. The van der Waals surface area contributed by atoms with E-state index < -0.39 is 22.8 Å². The van der Waals surface area contributed by atoms with Gasteiger partial charge in [0.15, 0.2) is 6.61 Å². The van der Waals surface area contributed by atoms with Gasteiger partial charge in [0.2, 0.25) is 10.0 Å². The summed E-state index contributed by atoms with van der Waals surface area (Å²) in [4.78, 5) is 2.01. The molecule has 1 fully saturated rings. The Hall–Kier alpha value is -2.61. The second-order valence-corrected chi connectivity index (χ2v) is 8.75. The Labute approximate surface area is 173 Å². The molecule has 0 spiro atoms. The fourth-order valence-electron chi connectivity index (χ4n) is 3.21. The monoisotopic (exact) mass is 439 g/mol. The molecule has 1 aliphatic heterocycles. The van der Waals surface area contributed by atoms with Crippen LogP contribution < -0.4 is 4.74 Å². The Morgan fingerprint density at radius 3 is 2.40 bits per heavy atom. The van der Waals surface area contributed by atoms with E-state index in [2.05, 4.69) is 0 Å². The molecular formula is C20H20F3N3O3S. The first kappa shape index (κ1) is 22.1. The third-order valence-electron chi connectivity index (χ3n) is 4.66. The van der Waals surface area contributed by atoms with Crippen LogP contribution in [0.3, 0.4) is 0 Å². The van der Waals surface area contributed by atoms with Crippen molar-refractivity contribution in [2.75, 3.05) is 32.8 Å². The summed E-state index contributed by atoms with van der Waals surface area (Å²) in [5.74, 6) is 0.138. The number of alkyl halides is 3. The lowest BCUT2D eigenvalue weighted by Gasteiger charge is -2.34. The van der Waals surface area contributed by atoms with Crippen LogP contribution in [0.25, 0.3) is 0 Å². The van der Waals surface area contributed by atoms with Crippen molar-refractivity contribution in [1.29, 1.82) is 5.26 Å². The Balaban J connectivity index is 1.60. The summed E-state index contributed by atoms with van der Waals surface area (Å²) in [6.07, 6.45) is -4.40. The Kier molecular flexibility index (Phi) is 6.65. The zero-order valence-electron chi connectivity index (χ0n) is 16.0. The fraction of sp³-hybridized carbons (Fsp3) is 0.350. The first-order valence-electron chi connectivity index (χ1n) is 9.19. The predicted molar refractivity (Wildman–Crippen MR) is 103 cm³/mol. The van der Waals surface area contributed by atoms with E-state index in [9.17, 15) is 26.9 Å². The number of nitriles is 1. The fourth-order valence-corrected chi connectivity index (χ4v) is 4.77. The smallest absolute Gasteiger partial charge is 0.422 e. The molecule has 0 radical (unpaired) electrons. The molecule has 6 nitrogen and oxygen atoms in total. The minimum absolute atomic E-state index is 0.00420. The SMILES string of the molecule is N#Cc1ccccc1S(=O)(=O)N1CCN(Cc2cccc(OCC(F)(F)F)c2)CC1. The summed E-state index contributed by atoms with van der Waals surface area (Å²) >= 11 is 0. The minimum atomic E-state index is -4.40. The molecular weight excluding hydrogens is 419 g/mol. The van der Waals surface area contributed by atoms with Gasteiger partial charge in [-0.15, -0.1) is 0 Å². The molecule has 2 aromatic carbocycles. The number of halogens is 3. The van der Waals surface area contributed by atoms with E-state index in [1.54, 1.807) is 30.3 Å². The number of rotatable bonds is 6. The van der Waals surface area contributed by atoms with Gasteiger partial charge in [-0.1, -0.05) is 24.3 Å². The van der Waals surface area contributed by atoms with Crippen LogP contribution in [0, 0.1) is 11.3 Å². The van der Waals surface area contributed by atoms with Crippen molar-refractivity contribution in [2.24, 2.45) is 0 Å². The molecule has 2 aromatic rings. The second kappa shape index (κ2) is 9.04. The third kappa shape index (κ3) is 5.50. The van der Waals surface area contributed by atoms with E-state index in [-0.39, 0.29) is 29.3 Å². The van der Waals surface area contributed by atoms with E-state index >= 15 is 0 Å². The summed E-state index contributed by atoms with van der Waals surface area (Å²) in [5.41, 5.74) is 0.886. The molecule has 1 heterocycles. The maximum absolute atomic E-state index is 12.9. The molecule has 160 valence electrons. The van der Waals surface area contributed by atoms with Crippen LogP contribution in [0.2, 0.25) is 0 Å². The maximum atomic E-state index is 12.9. The van der Waals surface area contributed by atoms with Crippen molar-refractivity contribution >= 4 is 10.0 Å². The molecule has 30 heavy (non-hydrogen) atoms. The van der Waals surface area contributed by atoms with E-state index in [1.807, 2.05) is 11.0 Å². The molecule has 3 rings (SSSR count). The molecule has 0 unspecified atom stereocenters. The standard InChI is InChI=1S/C20H20F3N3O3S/c21-20(22,23)15-29-18-6-3-4-16(12-18)14-25-8-10-26(11-9-25)30(27,28)19-7-2-1-5-17(19)13-24/h1-7,12H,8-11,14-15H2. The lowest BCUT2D eigenvalue weighted by Crippen LogP contribution is -2.48. The molecule has 0 atom stereocenters. The van der Waals surface area contributed by atoms with Gasteiger partial charge in [-0.25, -0.2) is 8.42 Å². The topological polar surface area (TPSA) is 73.6 Å². The number of sulfonamides is 1. The molecule has 1 aliphatic rings. The Morgan fingerprint density at radius 2 is 1.73 bits per heavy atom. The zero-order valence-corrected chi connectivity index (χ0v) is 16.8. The van der Waals surface area contributed by atoms with Crippen LogP contribution in [-0.2, 0) is 16.6 Å². The van der Waals surface area contributed by atoms with Crippen molar-refractivity contribution in [3.8, 4) is 11.8 Å². The summed E-state index contributed by atoms with van der Waals surface area (Å²) in [6.45, 7) is 0.547. The van der Waals surface area contributed by atoms with E-state index in [0.29, 0.717) is 19.6 Å². The lowest BCUT2D eigenvalue weighted by atomic mass is 10.2. The van der Waals surface area contributed by atoms with Gasteiger partial charge in [0, 0.05) is 32.7 Å². The largest absolute Gasteiger partial charge is 0.484 e. The Morgan fingerprint density at radius 1 is 1.03 bits per heavy atom. The van der Waals surface area contributed by atoms with Crippen LogP contribution in [0.15, 0.2) is 53.4 Å². The maximum Gasteiger partial charge on any atom is 0.422 e. The number of ether oxygens (including phenoxy) is 1. The van der Waals surface area contributed by atoms with Crippen molar-refractivity contribution in [2.45, 2.75) is 17.6 Å². The molecule has 1 saturated heterocycles. The van der Waals surface area contributed by atoms with E-state index in [0.717, 1.165) is 5.56 Å². The predicted octanol–water partition coefficient (Wildman–Crippen LogP) is 3.01. The van der Waals surface area contributed by atoms with Crippen molar-refractivity contribution in [1.82, 2.24) is 9.21 Å². The molecule has 0 saturated carbocycles. The highest BCUT2D eigenvalue weighted by atomic mass is 32.2. The van der Waals surface area contributed by atoms with E-state index in [4.69, 9.17) is 4.74 Å². The Bertz CT molecular complexity index is 1030. The quantitative estimate of drug-likeness (QED) is 0.692. The molecule has 0 aliphatic carbocycles. The third-order valence-corrected chi connectivity index (χ3v) is 6.62. The molecule has 0 N–H and O–H groups in total. The molecule has 0 aromatic heterocycles. The molecule has 0 bridgehead atoms. The number of piperazine rings is 1. The first-order valence-corrected chi connectivity index (χ1v) is 10.6. The highest BCUT2D eigenvalue weighted by Crippen LogP contribution is 2.23. The number of hydrogen-bond acceptors (Lipinski definition) is 5. The highest BCUT2D eigenvalue weighted by Gasteiger charge is 2.30. The normalized spacial score (nSPS) is 16.2. The van der Waals surface area contributed by atoms with Crippen molar-refractivity contribution in [3.63, 3.8) is 0 Å². The van der Waals surface area contributed by atoms with Crippen LogP contribution >= 0.6 is 0 Å². The average molecular weight is 439 g/mol. The van der Waals surface area contributed by atoms with Gasteiger partial charge < -0.3 is 4.74 Å². The van der Waals surface area contributed by atoms with Crippen LogP contribution in [-0.4, -0.2) is 56.6 Å². The minimum Gasteiger partial charge on any atom is -0.484 e. The van der Waals surface area contributed by atoms with Crippen LogP contribution in [0.4, 0.5) is 13.2 Å². The van der Waals surface area contributed by atoms with Gasteiger partial charge in [0.1, 0.15) is 11.8 Å². The second-order valence-electron chi connectivity index (χ2n) is 6.84. The summed E-state index contributed by atoms with van der Waals surface area (Å²) in [5, 5.41) is 9.18. The summed E-state index contributed by atoms with van der Waals surface area (Å²) in [6, 6.07) is 14.4. The number of benzene rings is 2. The van der Waals surface area contributed by atoms with Gasteiger partial charge in [-0.3, -0.25) is 4.90 Å². The summed E-state index contributed by atoms with van der Waals surface area (Å²) < 4.78 is 68.8. The average Bonchev–Trinajstić information content (AvgIpc) is 2.72. The van der Waals surface area contributed by atoms with Crippen LogP contribution in [0.5, 0.6) is 5.75 Å². The summed E-state index contributed by atoms with van der Waals surface area (Å²) in [7, 11) is -3.77. The van der Waals surface area contributed by atoms with Gasteiger partial charge in [-0.05, 0) is 29.8 Å². The van der Waals surface area contributed by atoms with Gasteiger partial charge in [0.25, 0.3) is 0 Å². The van der Waals surface area contributed by atoms with E-state index in [1.165, 1.54) is 22.5 Å². The van der Waals surface area contributed by atoms with Gasteiger partial charge in [0.05, 0.1) is 10.5 Å². The lowest BCUT2D eigenvalue weighted by molar-refractivity contribution is -0.153. The van der Waals surface area contributed by atoms with Crippen molar-refractivity contribution in [3.05, 3.63) is 59.7 Å². The number of hydrogen-bond donors (Lipinski definition) is 0. The molecule has 10 heteroatoms.